The highest BCUT2D eigenvalue weighted by Crippen LogP contribution is 2.07. The lowest BCUT2D eigenvalue weighted by atomic mass is 10.0. The normalized spacial score (nSPS) is 14.4. The number of hydrogen-bond acceptors (Lipinski definition) is 8. The second-order valence-electron chi connectivity index (χ2n) is 8.25. The molecule has 0 aromatic heterocycles. The molecule has 3 amide bonds. The SMILES string of the molecule is CC(C)[C@H](NC(=O)[C@H](CCCCN)NC(=O)[C@@H](N)CCCNC(=N)N)C(=O)N[C@@H](CS)C(=O)O. The van der Waals surface area contributed by atoms with E-state index in [1.54, 1.807) is 13.8 Å². The summed E-state index contributed by atoms with van der Waals surface area (Å²) >= 11 is 3.92. The fraction of sp³-hybridized carbons (Fsp3) is 0.750. The Kier molecular flexibility index (Phi) is 15.7. The van der Waals surface area contributed by atoms with Gasteiger partial charge < -0.3 is 43.6 Å². The van der Waals surface area contributed by atoms with Gasteiger partial charge in [-0.15, -0.1) is 0 Å². The number of carbonyl (C=O) groups excluding carboxylic acids is 3. The summed E-state index contributed by atoms with van der Waals surface area (Å²) in [5, 5.41) is 26.5. The molecular weight excluding hydrogens is 464 g/mol. The van der Waals surface area contributed by atoms with Crippen LogP contribution in [-0.2, 0) is 19.2 Å². The van der Waals surface area contributed by atoms with E-state index < -0.39 is 47.9 Å². The lowest BCUT2D eigenvalue weighted by molar-refractivity contribution is -0.142. The first-order valence-corrected chi connectivity index (χ1v) is 11.9. The molecule has 0 saturated carbocycles. The third-order valence-electron chi connectivity index (χ3n) is 4.97. The molecule has 0 rings (SSSR count). The Morgan fingerprint density at radius 3 is 2.06 bits per heavy atom. The molecule has 0 aliphatic rings. The second kappa shape index (κ2) is 16.9. The molecule has 0 fully saturated rings. The van der Waals surface area contributed by atoms with Gasteiger partial charge in [0, 0.05) is 12.3 Å². The van der Waals surface area contributed by atoms with Gasteiger partial charge in [0.05, 0.1) is 6.04 Å². The van der Waals surface area contributed by atoms with Crippen LogP contribution in [0.3, 0.4) is 0 Å². The molecule has 0 aliphatic heterocycles. The Morgan fingerprint density at radius 1 is 0.941 bits per heavy atom. The number of guanidine groups is 1. The number of aliphatic carboxylic acids is 1. The van der Waals surface area contributed by atoms with Gasteiger partial charge in [0.1, 0.15) is 18.1 Å². The molecule has 0 aliphatic carbocycles. The van der Waals surface area contributed by atoms with Gasteiger partial charge in [-0.1, -0.05) is 13.8 Å². The second-order valence-corrected chi connectivity index (χ2v) is 8.61. The van der Waals surface area contributed by atoms with Gasteiger partial charge in [0.2, 0.25) is 17.7 Å². The van der Waals surface area contributed by atoms with E-state index in [2.05, 4.69) is 33.9 Å². The minimum atomic E-state index is -1.24. The minimum absolute atomic E-state index is 0.114. The quantitative estimate of drug-likeness (QED) is 0.0448. The highest BCUT2D eigenvalue weighted by atomic mass is 32.1. The Bertz CT molecular complexity index is 694. The van der Waals surface area contributed by atoms with Crippen molar-refractivity contribution in [2.24, 2.45) is 23.1 Å². The predicted molar refractivity (Wildman–Crippen MR) is 132 cm³/mol. The average Bonchev–Trinajstić information content (AvgIpc) is 2.76. The molecule has 0 aromatic carbocycles. The molecule has 12 N–H and O–H groups in total. The number of hydrogen-bond donors (Lipinski definition) is 10. The molecule has 0 bridgehead atoms. The van der Waals surface area contributed by atoms with Crippen LogP contribution < -0.4 is 38.5 Å². The number of carboxylic acids is 1. The molecule has 13 nitrogen and oxygen atoms in total. The summed E-state index contributed by atoms with van der Waals surface area (Å²) in [5.74, 6) is -3.65. The lowest BCUT2D eigenvalue weighted by Crippen LogP contribution is -2.58. The largest absolute Gasteiger partial charge is 0.480 e. The van der Waals surface area contributed by atoms with E-state index in [-0.39, 0.29) is 24.1 Å². The van der Waals surface area contributed by atoms with E-state index >= 15 is 0 Å². The van der Waals surface area contributed by atoms with Crippen molar-refractivity contribution < 1.29 is 24.3 Å². The molecule has 0 heterocycles. The maximum absolute atomic E-state index is 13.0. The van der Waals surface area contributed by atoms with Crippen LogP contribution in [-0.4, -0.2) is 77.8 Å². The summed E-state index contributed by atoms with van der Waals surface area (Å²) in [6, 6.07) is -4.05. The first-order valence-electron chi connectivity index (χ1n) is 11.2. The number of carboxylic acid groups (broad SMARTS) is 1. The van der Waals surface area contributed by atoms with Gasteiger partial charge in [0.25, 0.3) is 0 Å². The van der Waals surface area contributed by atoms with Gasteiger partial charge in [-0.25, -0.2) is 4.79 Å². The van der Waals surface area contributed by atoms with Crippen molar-refractivity contribution in [2.75, 3.05) is 18.8 Å². The van der Waals surface area contributed by atoms with E-state index in [9.17, 15) is 19.2 Å². The average molecular weight is 505 g/mol. The van der Waals surface area contributed by atoms with Crippen LogP contribution in [0, 0.1) is 11.3 Å². The number of thiol groups is 1. The summed E-state index contributed by atoms with van der Waals surface area (Å²) in [4.78, 5) is 49.4. The third kappa shape index (κ3) is 12.6. The summed E-state index contributed by atoms with van der Waals surface area (Å²) in [7, 11) is 0. The van der Waals surface area contributed by atoms with Crippen LogP contribution in [0.4, 0.5) is 0 Å². The number of amides is 3. The van der Waals surface area contributed by atoms with E-state index in [4.69, 9.17) is 27.7 Å². The van der Waals surface area contributed by atoms with E-state index in [0.717, 1.165) is 0 Å². The summed E-state index contributed by atoms with van der Waals surface area (Å²) in [6.07, 6.45) is 2.28. The topological polar surface area (TPSA) is 239 Å². The minimum Gasteiger partial charge on any atom is -0.480 e. The zero-order valence-electron chi connectivity index (χ0n) is 19.8. The molecule has 0 radical (unpaired) electrons. The molecule has 196 valence electrons. The zero-order chi connectivity index (χ0) is 26.3. The van der Waals surface area contributed by atoms with Crippen molar-refractivity contribution in [3.05, 3.63) is 0 Å². The highest BCUT2D eigenvalue weighted by molar-refractivity contribution is 7.80. The van der Waals surface area contributed by atoms with Crippen molar-refractivity contribution in [1.29, 1.82) is 5.41 Å². The fourth-order valence-electron chi connectivity index (χ4n) is 2.95. The third-order valence-corrected chi connectivity index (χ3v) is 5.33. The smallest absolute Gasteiger partial charge is 0.327 e. The van der Waals surface area contributed by atoms with Gasteiger partial charge >= 0.3 is 5.97 Å². The van der Waals surface area contributed by atoms with Crippen molar-refractivity contribution in [3.8, 4) is 0 Å². The van der Waals surface area contributed by atoms with Crippen LogP contribution >= 0.6 is 12.6 Å². The maximum atomic E-state index is 13.0. The summed E-state index contributed by atoms with van der Waals surface area (Å²) < 4.78 is 0. The van der Waals surface area contributed by atoms with Gasteiger partial charge in [-0.3, -0.25) is 19.8 Å². The monoisotopic (exact) mass is 504 g/mol. The molecule has 34 heavy (non-hydrogen) atoms. The van der Waals surface area contributed by atoms with Crippen molar-refractivity contribution in [2.45, 2.75) is 70.1 Å². The Balaban J connectivity index is 5.22. The Labute approximate surface area is 205 Å². The number of nitrogens with two attached hydrogens (primary N) is 3. The van der Waals surface area contributed by atoms with Crippen LogP contribution in [0.2, 0.25) is 0 Å². The number of rotatable bonds is 17. The Morgan fingerprint density at radius 2 is 1.56 bits per heavy atom. The zero-order valence-corrected chi connectivity index (χ0v) is 20.7. The molecule has 14 heteroatoms. The number of unbranched alkanes of at least 4 members (excludes halogenated alkanes) is 1. The standard InChI is InChI=1S/C20H40N8O5S/c1-11(2)15(18(31)27-14(10-34)19(32)33)28-17(30)13(7-3-4-8-21)26-16(29)12(22)6-5-9-25-20(23)24/h11-15,34H,3-10,21-22H2,1-2H3,(H,26,29)(H,27,31)(H,28,30)(H,32,33)(H4,23,24,25)/t12-,13-,14-,15-/m0/s1. The molecule has 0 saturated heterocycles. The molecule has 4 atom stereocenters. The van der Waals surface area contributed by atoms with Crippen molar-refractivity contribution in [1.82, 2.24) is 21.3 Å². The van der Waals surface area contributed by atoms with E-state index in [1.165, 1.54) is 0 Å². The molecule has 0 spiro atoms. The van der Waals surface area contributed by atoms with E-state index in [1.807, 2.05) is 0 Å². The number of carbonyl (C=O) groups is 4. The lowest BCUT2D eigenvalue weighted by Gasteiger charge is -2.27. The van der Waals surface area contributed by atoms with Crippen LogP contribution in [0.1, 0.15) is 46.0 Å². The number of nitrogens with one attached hydrogen (secondary N) is 5. The highest BCUT2D eigenvalue weighted by Gasteiger charge is 2.31. The van der Waals surface area contributed by atoms with Crippen molar-refractivity contribution in [3.63, 3.8) is 0 Å². The summed E-state index contributed by atoms with van der Waals surface area (Å²) in [5.41, 5.74) is 16.7. The molecule has 0 unspecified atom stereocenters. The summed E-state index contributed by atoms with van der Waals surface area (Å²) in [6.45, 7) is 4.20. The predicted octanol–water partition coefficient (Wildman–Crippen LogP) is -2.17. The van der Waals surface area contributed by atoms with Gasteiger partial charge in [-0.05, 0) is 44.6 Å². The van der Waals surface area contributed by atoms with Gasteiger partial charge in [0.15, 0.2) is 5.96 Å². The molecular formula is C20H40N8O5S. The van der Waals surface area contributed by atoms with Crippen LogP contribution in [0.15, 0.2) is 0 Å². The Hall–Kier alpha value is -2.58. The van der Waals surface area contributed by atoms with E-state index in [0.29, 0.717) is 38.8 Å². The maximum Gasteiger partial charge on any atom is 0.327 e. The van der Waals surface area contributed by atoms with Crippen LogP contribution in [0.25, 0.3) is 0 Å². The van der Waals surface area contributed by atoms with Crippen LogP contribution in [0.5, 0.6) is 0 Å². The van der Waals surface area contributed by atoms with Crippen molar-refractivity contribution >= 4 is 42.3 Å². The fourth-order valence-corrected chi connectivity index (χ4v) is 3.20. The first kappa shape index (κ1) is 31.4. The van der Waals surface area contributed by atoms with Gasteiger partial charge in [-0.2, -0.15) is 12.6 Å². The first-order chi connectivity index (χ1) is 15.9. The molecule has 0 aromatic rings.